The Morgan fingerprint density at radius 1 is 1.09 bits per heavy atom. The number of carbonyl (C=O) groups is 1. The normalized spacial score (nSPS) is 18.6. The Hall–Kier alpha value is -2.44. The van der Waals surface area contributed by atoms with Crippen molar-refractivity contribution in [3.63, 3.8) is 0 Å². The van der Waals surface area contributed by atoms with Crippen LogP contribution in [0.15, 0.2) is 42.6 Å². The monoisotopic (exact) mass is 451 g/mol. The van der Waals surface area contributed by atoms with Gasteiger partial charge in [0, 0.05) is 43.1 Å². The molecule has 1 aliphatic carbocycles. The zero-order valence-corrected chi connectivity index (χ0v) is 19.8. The van der Waals surface area contributed by atoms with Gasteiger partial charge in [-0.25, -0.2) is 0 Å². The number of amides is 1. The molecule has 1 saturated heterocycles. The van der Waals surface area contributed by atoms with Crippen molar-refractivity contribution in [1.29, 1.82) is 0 Å². The predicted octanol–water partition coefficient (Wildman–Crippen LogP) is 4.09. The first kappa shape index (κ1) is 23.7. The van der Waals surface area contributed by atoms with E-state index in [1.54, 1.807) is 0 Å². The molecule has 4 rings (SSSR count). The number of morpholine rings is 1. The van der Waals surface area contributed by atoms with Crippen molar-refractivity contribution in [3.8, 4) is 16.9 Å². The summed E-state index contributed by atoms with van der Waals surface area (Å²) in [5.74, 6) is 1.55. The molecule has 1 aromatic carbocycles. The second kappa shape index (κ2) is 12.1. The molecule has 0 radical (unpaired) electrons. The molecule has 1 N–H and O–H groups in total. The number of hydrogen-bond donors (Lipinski definition) is 1. The first-order chi connectivity index (χ1) is 16.2. The maximum atomic E-state index is 12.5. The largest absolute Gasteiger partial charge is 0.492 e. The van der Waals surface area contributed by atoms with Gasteiger partial charge in [0.25, 0.3) is 0 Å². The van der Waals surface area contributed by atoms with Crippen LogP contribution in [0.25, 0.3) is 11.1 Å². The molecule has 2 aromatic rings. The number of pyridine rings is 1. The molecule has 6 heteroatoms. The molecule has 1 atom stereocenters. The highest BCUT2D eigenvalue weighted by molar-refractivity contribution is 5.78. The lowest BCUT2D eigenvalue weighted by molar-refractivity contribution is -0.121. The summed E-state index contributed by atoms with van der Waals surface area (Å²) >= 11 is 0. The van der Waals surface area contributed by atoms with Gasteiger partial charge < -0.3 is 14.8 Å². The highest BCUT2D eigenvalue weighted by Crippen LogP contribution is 2.26. The van der Waals surface area contributed by atoms with Crippen molar-refractivity contribution in [3.05, 3.63) is 48.3 Å². The van der Waals surface area contributed by atoms with E-state index < -0.39 is 0 Å². The number of aromatic nitrogens is 1. The number of ether oxygens (including phenoxy) is 2. The predicted molar refractivity (Wildman–Crippen MR) is 130 cm³/mol. The Morgan fingerprint density at radius 2 is 1.82 bits per heavy atom. The van der Waals surface area contributed by atoms with Crippen LogP contribution in [-0.4, -0.2) is 61.3 Å². The highest BCUT2D eigenvalue weighted by atomic mass is 16.5. The number of rotatable bonds is 9. The molecule has 1 aromatic heterocycles. The van der Waals surface area contributed by atoms with Crippen molar-refractivity contribution in [1.82, 2.24) is 15.2 Å². The summed E-state index contributed by atoms with van der Waals surface area (Å²) in [5.41, 5.74) is 2.93. The van der Waals surface area contributed by atoms with Crippen LogP contribution in [-0.2, 0) is 16.0 Å². The standard InChI is InChI=1S/C27H37N3O3/c1-21(22-5-3-2-4-6-22)29-27(31)19-25-10-7-24(20-28-25)23-8-11-26(12-9-23)33-18-15-30-13-16-32-17-14-30/h7-12,20-22H,2-6,13-19H2,1H3,(H,29,31)/t21-/m1/s1. The van der Waals surface area contributed by atoms with Gasteiger partial charge in [-0.15, -0.1) is 0 Å². The lowest BCUT2D eigenvalue weighted by Gasteiger charge is -2.28. The summed E-state index contributed by atoms with van der Waals surface area (Å²) < 4.78 is 11.3. The van der Waals surface area contributed by atoms with Crippen LogP contribution in [0.1, 0.15) is 44.7 Å². The summed E-state index contributed by atoms with van der Waals surface area (Å²) in [5, 5.41) is 3.19. The van der Waals surface area contributed by atoms with E-state index in [1.165, 1.54) is 32.1 Å². The molecular formula is C27H37N3O3. The van der Waals surface area contributed by atoms with Crippen molar-refractivity contribution in [2.24, 2.45) is 5.92 Å². The number of carbonyl (C=O) groups excluding carboxylic acids is 1. The van der Waals surface area contributed by atoms with Crippen molar-refractivity contribution >= 4 is 5.91 Å². The number of nitrogens with zero attached hydrogens (tertiary/aromatic N) is 2. The van der Waals surface area contributed by atoms with Crippen LogP contribution in [0.3, 0.4) is 0 Å². The molecule has 1 saturated carbocycles. The van der Waals surface area contributed by atoms with Gasteiger partial charge in [0.15, 0.2) is 0 Å². The van der Waals surface area contributed by atoms with Crippen LogP contribution in [0, 0.1) is 5.92 Å². The summed E-state index contributed by atoms with van der Waals surface area (Å²) in [7, 11) is 0. The average Bonchev–Trinajstić information content (AvgIpc) is 2.86. The Labute approximate surface area is 197 Å². The third-order valence-electron chi connectivity index (χ3n) is 6.88. The van der Waals surface area contributed by atoms with Crippen molar-refractivity contribution in [2.45, 2.75) is 51.5 Å². The minimum Gasteiger partial charge on any atom is -0.492 e. The Balaban J connectivity index is 1.23. The maximum absolute atomic E-state index is 12.5. The van der Waals surface area contributed by atoms with Crippen LogP contribution < -0.4 is 10.1 Å². The van der Waals surface area contributed by atoms with E-state index in [4.69, 9.17) is 9.47 Å². The molecule has 2 aliphatic rings. The SMILES string of the molecule is C[C@@H](NC(=O)Cc1ccc(-c2ccc(OCCN3CCOCC3)cc2)cn1)C1CCCCC1. The fraction of sp³-hybridized carbons (Fsp3) is 0.556. The van der Waals surface area contributed by atoms with E-state index in [0.717, 1.165) is 55.4 Å². The van der Waals surface area contributed by atoms with Gasteiger partial charge in [0.1, 0.15) is 12.4 Å². The fourth-order valence-corrected chi connectivity index (χ4v) is 4.78. The fourth-order valence-electron chi connectivity index (χ4n) is 4.78. The van der Waals surface area contributed by atoms with E-state index in [1.807, 2.05) is 30.5 Å². The van der Waals surface area contributed by atoms with Crippen LogP contribution in [0.2, 0.25) is 0 Å². The molecule has 2 fully saturated rings. The topological polar surface area (TPSA) is 63.7 Å². The first-order valence-electron chi connectivity index (χ1n) is 12.4. The molecule has 1 amide bonds. The zero-order valence-electron chi connectivity index (χ0n) is 19.8. The first-order valence-corrected chi connectivity index (χ1v) is 12.4. The van der Waals surface area contributed by atoms with Gasteiger partial charge in [-0.3, -0.25) is 14.7 Å². The minimum absolute atomic E-state index is 0.0619. The quantitative estimate of drug-likeness (QED) is 0.622. The molecule has 33 heavy (non-hydrogen) atoms. The molecule has 178 valence electrons. The van der Waals surface area contributed by atoms with Crippen LogP contribution >= 0.6 is 0 Å². The molecule has 0 unspecified atom stereocenters. The van der Waals surface area contributed by atoms with E-state index in [2.05, 4.69) is 34.3 Å². The van der Waals surface area contributed by atoms with Gasteiger partial charge in [-0.2, -0.15) is 0 Å². The third-order valence-corrected chi connectivity index (χ3v) is 6.88. The Bertz CT molecular complexity index is 857. The number of nitrogens with one attached hydrogen (secondary N) is 1. The summed E-state index contributed by atoms with van der Waals surface area (Å²) in [6.07, 6.45) is 8.54. The van der Waals surface area contributed by atoms with Gasteiger partial charge in [0.2, 0.25) is 5.91 Å². The molecule has 6 nitrogen and oxygen atoms in total. The molecule has 0 spiro atoms. The maximum Gasteiger partial charge on any atom is 0.226 e. The lowest BCUT2D eigenvalue weighted by atomic mass is 9.84. The van der Waals surface area contributed by atoms with Gasteiger partial charge in [0.05, 0.1) is 19.6 Å². The van der Waals surface area contributed by atoms with Gasteiger partial charge >= 0.3 is 0 Å². The smallest absolute Gasteiger partial charge is 0.226 e. The van der Waals surface area contributed by atoms with Gasteiger partial charge in [-0.05, 0) is 49.4 Å². The summed E-state index contributed by atoms with van der Waals surface area (Å²) in [4.78, 5) is 19.4. The second-order valence-electron chi connectivity index (χ2n) is 9.30. The van der Waals surface area contributed by atoms with Gasteiger partial charge in [-0.1, -0.05) is 37.5 Å². The van der Waals surface area contributed by atoms with Crippen molar-refractivity contribution < 1.29 is 14.3 Å². The molecular weight excluding hydrogens is 414 g/mol. The van der Waals surface area contributed by atoms with Crippen LogP contribution in [0.5, 0.6) is 5.75 Å². The van der Waals surface area contributed by atoms with E-state index in [9.17, 15) is 4.79 Å². The van der Waals surface area contributed by atoms with Crippen molar-refractivity contribution in [2.75, 3.05) is 39.5 Å². The molecule has 2 heterocycles. The average molecular weight is 452 g/mol. The summed E-state index contributed by atoms with van der Waals surface area (Å²) in [6.45, 7) is 7.32. The zero-order chi connectivity index (χ0) is 22.9. The van der Waals surface area contributed by atoms with E-state index in [-0.39, 0.29) is 11.9 Å². The van der Waals surface area contributed by atoms with E-state index in [0.29, 0.717) is 18.9 Å². The third kappa shape index (κ3) is 7.27. The Morgan fingerprint density at radius 3 is 2.52 bits per heavy atom. The minimum atomic E-state index is 0.0619. The molecule has 1 aliphatic heterocycles. The molecule has 0 bridgehead atoms. The Kier molecular flexibility index (Phi) is 8.72. The number of hydrogen-bond acceptors (Lipinski definition) is 5. The highest BCUT2D eigenvalue weighted by Gasteiger charge is 2.21. The van der Waals surface area contributed by atoms with Crippen LogP contribution in [0.4, 0.5) is 0 Å². The summed E-state index contributed by atoms with van der Waals surface area (Å²) in [6, 6.07) is 12.3. The van der Waals surface area contributed by atoms with E-state index >= 15 is 0 Å². The second-order valence-corrected chi connectivity index (χ2v) is 9.30. The number of benzene rings is 1. The lowest BCUT2D eigenvalue weighted by Crippen LogP contribution is -2.39.